The van der Waals surface area contributed by atoms with Crippen molar-refractivity contribution in [2.24, 2.45) is 0 Å². The minimum Gasteiger partial charge on any atom is -0.368 e. The monoisotopic (exact) mass is 262 g/mol. The highest BCUT2D eigenvalue weighted by Gasteiger charge is 2.09. The maximum Gasteiger partial charge on any atom is 0.234 e. The van der Waals surface area contributed by atoms with Crippen LogP contribution in [0.3, 0.4) is 0 Å². The Balaban J connectivity index is 2.05. The number of nitrogens with one attached hydrogen (secondary N) is 2. The highest BCUT2D eigenvalue weighted by atomic mass is 35.5. The topological polar surface area (TPSA) is 90.3 Å². The van der Waals surface area contributed by atoms with Gasteiger partial charge in [0.25, 0.3) is 0 Å². The van der Waals surface area contributed by atoms with Crippen LogP contribution in [0.25, 0.3) is 0 Å². The number of halogens is 1. The Hall–Kier alpha value is -2.13. The molecule has 2 aromatic rings. The van der Waals surface area contributed by atoms with Crippen LogP contribution < -0.4 is 5.32 Å². The van der Waals surface area contributed by atoms with Crippen LogP contribution in [0.15, 0.2) is 12.4 Å². The van der Waals surface area contributed by atoms with Gasteiger partial charge >= 0.3 is 0 Å². The zero-order chi connectivity index (χ0) is 13.0. The van der Waals surface area contributed by atoms with Gasteiger partial charge in [-0.25, -0.2) is 9.97 Å². The molecule has 7 heteroatoms. The van der Waals surface area contributed by atoms with Crippen molar-refractivity contribution >= 4 is 17.4 Å². The lowest BCUT2D eigenvalue weighted by molar-refractivity contribution is 0.985. The summed E-state index contributed by atoms with van der Waals surface area (Å²) in [6.07, 6.45) is 4.38. The number of aromatic amines is 1. The second-order valence-corrected chi connectivity index (χ2v) is 4.07. The Morgan fingerprint density at radius 2 is 2.33 bits per heavy atom. The smallest absolute Gasteiger partial charge is 0.234 e. The highest BCUT2D eigenvalue weighted by molar-refractivity contribution is 6.33. The minimum absolute atomic E-state index is 0.114. The predicted molar refractivity (Wildman–Crippen MR) is 67.3 cm³/mol. The van der Waals surface area contributed by atoms with E-state index in [4.69, 9.17) is 16.9 Å². The molecule has 6 nitrogen and oxygen atoms in total. The number of nitrogens with zero attached hydrogens (tertiary/aromatic N) is 4. The summed E-state index contributed by atoms with van der Waals surface area (Å²) in [5, 5.41) is 18.9. The van der Waals surface area contributed by atoms with Gasteiger partial charge in [0, 0.05) is 12.7 Å². The molecule has 0 saturated carbocycles. The fourth-order valence-corrected chi connectivity index (χ4v) is 1.62. The second kappa shape index (κ2) is 5.47. The Kier molecular flexibility index (Phi) is 3.75. The van der Waals surface area contributed by atoms with E-state index in [9.17, 15) is 0 Å². The first-order valence-electron chi connectivity index (χ1n) is 5.36. The van der Waals surface area contributed by atoms with E-state index in [1.54, 1.807) is 13.1 Å². The number of hydrogen-bond acceptors (Lipinski definition) is 5. The fourth-order valence-electron chi connectivity index (χ4n) is 1.47. The summed E-state index contributed by atoms with van der Waals surface area (Å²) < 4.78 is 0. The maximum atomic E-state index is 8.79. The van der Waals surface area contributed by atoms with Gasteiger partial charge in [0.05, 0.1) is 11.9 Å². The molecule has 2 N–H and O–H groups in total. The van der Waals surface area contributed by atoms with Crippen LogP contribution in [0.4, 0.5) is 5.82 Å². The van der Waals surface area contributed by atoms with E-state index in [1.165, 1.54) is 0 Å². The number of hydrogen-bond donors (Lipinski definition) is 2. The standard InChI is InChI=1S/C11H11ClN6/c1-7-10(12)11(18-9(4-13)17-7)14-3-2-8-5-15-16-6-8/h5-6H,2-3H2,1H3,(H,15,16)(H,14,17,18). The van der Waals surface area contributed by atoms with Gasteiger partial charge in [-0.1, -0.05) is 11.6 Å². The molecule has 0 fully saturated rings. The number of rotatable bonds is 4. The Morgan fingerprint density at radius 1 is 1.50 bits per heavy atom. The third-order valence-corrected chi connectivity index (χ3v) is 2.83. The van der Waals surface area contributed by atoms with Crippen molar-refractivity contribution in [2.45, 2.75) is 13.3 Å². The van der Waals surface area contributed by atoms with Gasteiger partial charge in [-0.2, -0.15) is 10.4 Å². The van der Waals surface area contributed by atoms with Gasteiger partial charge in [-0.3, -0.25) is 5.10 Å². The van der Waals surface area contributed by atoms with Gasteiger partial charge in [0.2, 0.25) is 5.82 Å². The lowest BCUT2D eigenvalue weighted by Gasteiger charge is -2.08. The van der Waals surface area contributed by atoms with E-state index in [2.05, 4.69) is 25.5 Å². The quantitative estimate of drug-likeness (QED) is 0.875. The lowest BCUT2D eigenvalue weighted by Crippen LogP contribution is -2.09. The average Bonchev–Trinajstić information content (AvgIpc) is 2.87. The van der Waals surface area contributed by atoms with Gasteiger partial charge in [0.1, 0.15) is 16.9 Å². The predicted octanol–water partition coefficient (Wildman–Crippen LogP) is 1.69. The first-order valence-corrected chi connectivity index (χ1v) is 5.74. The summed E-state index contributed by atoms with van der Waals surface area (Å²) >= 11 is 6.07. The molecule has 2 heterocycles. The van der Waals surface area contributed by atoms with Crippen LogP contribution in [0.2, 0.25) is 5.02 Å². The SMILES string of the molecule is Cc1nc(C#N)nc(NCCc2cn[nH]c2)c1Cl. The third-order valence-electron chi connectivity index (χ3n) is 2.38. The zero-order valence-corrected chi connectivity index (χ0v) is 10.5. The van der Waals surface area contributed by atoms with Gasteiger partial charge in [-0.15, -0.1) is 0 Å². The van der Waals surface area contributed by atoms with Crippen molar-refractivity contribution in [3.05, 3.63) is 34.5 Å². The summed E-state index contributed by atoms with van der Waals surface area (Å²) in [5.74, 6) is 0.604. The summed E-state index contributed by atoms with van der Waals surface area (Å²) in [7, 11) is 0. The van der Waals surface area contributed by atoms with Crippen LogP contribution in [-0.4, -0.2) is 26.7 Å². The van der Waals surface area contributed by atoms with Crippen molar-refractivity contribution < 1.29 is 0 Å². The molecule has 2 aromatic heterocycles. The molecule has 0 aliphatic heterocycles. The average molecular weight is 263 g/mol. The maximum absolute atomic E-state index is 8.79. The van der Waals surface area contributed by atoms with Crippen LogP contribution in [0.5, 0.6) is 0 Å². The second-order valence-electron chi connectivity index (χ2n) is 3.69. The molecule has 0 atom stereocenters. The molecule has 0 radical (unpaired) electrons. The summed E-state index contributed by atoms with van der Waals surface area (Å²) in [6.45, 7) is 2.40. The van der Waals surface area contributed by atoms with Crippen molar-refractivity contribution in [1.29, 1.82) is 5.26 Å². The molecule has 0 aliphatic carbocycles. The van der Waals surface area contributed by atoms with Crippen molar-refractivity contribution in [3.8, 4) is 6.07 Å². The van der Waals surface area contributed by atoms with Crippen molar-refractivity contribution in [1.82, 2.24) is 20.2 Å². The third kappa shape index (κ3) is 2.76. The summed E-state index contributed by atoms with van der Waals surface area (Å²) in [5.41, 5.74) is 1.68. The molecule has 0 saturated heterocycles. The van der Waals surface area contributed by atoms with Gasteiger partial charge in [0.15, 0.2) is 0 Å². The number of nitriles is 1. The van der Waals surface area contributed by atoms with Crippen molar-refractivity contribution in [3.63, 3.8) is 0 Å². The van der Waals surface area contributed by atoms with Crippen LogP contribution >= 0.6 is 11.6 Å². The molecular weight excluding hydrogens is 252 g/mol. The Morgan fingerprint density at radius 3 is 3.00 bits per heavy atom. The Bertz CT molecular complexity index is 572. The molecule has 0 aromatic carbocycles. The molecule has 0 amide bonds. The summed E-state index contributed by atoms with van der Waals surface area (Å²) in [4.78, 5) is 7.98. The number of aromatic nitrogens is 4. The highest BCUT2D eigenvalue weighted by Crippen LogP contribution is 2.21. The lowest BCUT2D eigenvalue weighted by atomic mass is 10.2. The normalized spacial score (nSPS) is 10.1. The van der Waals surface area contributed by atoms with Crippen LogP contribution in [-0.2, 0) is 6.42 Å². The number of anilines is 1. The molecule has 2 rings (SSSR count). The van der Waals surface area contributed by atoms with Gasteiger partial charge in [-0.05, 0) is 18.9 Å². The molecule has 18 heavy (non-hydrogen) atoms. The molecule has 0 aliphatic rings. The molecule has 0 bridgehead atoms. The first kappa shape index (κ1) is 12.3. The summed E-state index contributed by atoms with van der Waals surface area (Å²) in [6, 6.07) is 1.90. The molecule has 92 valence electrons. The van der Waals surface area contributed by atoms with Crippen LogP contribution in [0.1, 0.15) is 17.1 Å². The van der Waals surface area contributed by atoms with Crippen molar-refractivity contribution in [2.75, 3.05) is 11.9 Å². The molecule has 0 unspecified atom stereocenters. The number of H-pyrrole nitrogens is 1. The first-order chi connectivity index (χ1) is 8.70. The van der Waals surface area contributed by atoms with E-state index in [0.717, 1.165) is 12.0 Å². The molecule has 0 spiro atoms. The minimum atomic E-state index is 0.114. The fraction of sp³-hybridized carbons (Fsp3) is 0.273. The van der Waals surface area contributed by atoms with E-state index in [0.29, 0.717) is 23.1 Å². The molecular formula is C11H11ClN6. The van der Waals surface area contributed by atoms with E-state index in [1.807, 2.05) is 12.3 Å². The van der Waals surface area contributed by atoms with E-state index < -0.39 is 0 Å². The Labute approximate surface area is 109 Å². The van der Waals surface area contributed by atoms with E-state index in [-0.39, 0.29) is 5.82 Å². The zero-order valence-electron chi connectivity index (χ0n) is 9.74. The largest absolute Gasteiger partial charge is 0.368 e. The van der Waals surface area contributed by atoms with Gasteiger partial charge < -0.3 is 5.32 Å². The number of aryl methyl sites for hydroxylation is 1. The van der Waals surface area contributed by atoms with Crippen LogP contribution in [0, 0.1) is 18.3 Å². The van der Waals surface area contributed by atoms with E-state index >= 15 is 0 Å².